The lowest BCUT2D eigenvalue weighted by atomic mass is 10.2. The summed E-state index contributed by atoms with van der Waals surface area (Å²) >= 11 is 0. The highest BCUT2D eigenvalue weighted by atomic mass is 15.2. The van der Waals surface area contributed by atoms with Crippen LogP contribution in [0.1, 0.15) is 38.9 Å². The van der Waals surface area contributed by atoms with Crippen LogP contribution in [0.2, 0.25) is 0 Å². The van der Waals surface area contributed by atoms with E-state index in [1.54, 1.807) is 0 Å². The number of hydrogen-bond donors (Lipinski definition) is 0. The minimum Gasteiger partial charge on any atom is -0.332 e. The smallest absolute Gasteiger partial charge is 0.140 e. The zero-order valence-corrected chi connectivity index (χ0v) is 10.3. The van der Waals surface area contributed by atoms with Gasteiger partial charge in [-0.05, 0) is 19.5 Å². The maximum absolute atomic E-state index is 9.29. The molecule has 88 valence electrons. The number of nitrogens with zero attached hydrogens (tertiary/aromatic N) is 4. The molecule has 1 unspecified atom stereocenters. The topological polar surface area (TPSA) is 44.9 Å². The molecule has 1 rings (SSSR count). The van der Waals surface area contributed by atoms with Gasteiger partial charge < -0.3 is 4.57 Å². The molecule has 0 aromatic carbocycles. The Morgan fingerprint density at radius 1 is 1.44 bits per heavy atom. The van der Waals surface area contributed by atoms with Crippen LogP contribution < -0.4 is 0 Å². The molecule has 0 aliphatic rings. The molecule has 0 aliphatic carbocycles. The monoisotopic (exact) mass is 220 g/mol. The van der Waals surface area contributed by atoms with Crippen LogP contribution in [0.15, 0.2) is 12.5 Å². The van der Waals surface area contributed by atoms with Gasteiger partial charge in [0.15, 0.2) is 0 Å². The molecule has 0 fully saturated rings. The second-order valence-corrected chi connectivity index (χ2v) is 3.76. The predicted molar refractivity (Wildman–Crippen MR) is 63.8 cm³/mol. The van der Waals surface area contributed by atoms with Gasteiger partial charge in [0.1, 0.15) is 6.04 Å². The quantitative estimate of drug-likeness (QED) is 0.738. The number of rotatable bonds is 6. The van der Waals surface area contributed by atoms with Gasteiger partial charge >= 0.3 is 0 Å². The van der Waals surface area contributed by atoms with Gasteiger partial charge in [-0.2, -0.15) is 5.26 Å². The molecule has 1 atom stereocenters. The third-order valence-electron chi connectivity index (χ3n) is 2.79. The van der Waals surface area contributed by atoms with Crippen LogP contribution in [0.4, 0.5) is 0 Å². The highest BCUT2D eigenvalue weighted by Gasteiger charge is 2.20. The summed E-state index contributed by atoms with van der Waals surface area (Å²) in [4.78, 5) is 6.29. The average Bonchev–Trinajstić information content (AvgIpc) is 2.74. The third kappa shape index (κ3) is 2.61. The van der Waals surface area contributed by atoms with Crippen molar-refractivity contribution >= 4 is 0 Å². The maximum Gasteiger partial charge on any atom is 0.140 e. The fourth-order valence-electron chi connectivity index (χ4n) is 1.91. The molecule has 0 radical (unpaired) electrons. The largest absolute Gasteiger partial charge is 0.332 e. The Bertz CT molecular complexity index is 346. The van der Waals surface area contributed by atoms with E-state index in [1.807, 2.05) is 12.5 Å². The second-order valence-electron chi connectivity index (χ2n) is 3.76. The molecule has 4 nitrogen and oxygen atoms in total. The molecule has 0 amide bonds. The predicted octanol–water partition coefficient (Wildman–Crippen LogP) is 2.20. The van der Waals surface area contributed by atoms with Crippen LogP contribution in [0.3, 0.4) is 0 Å². The van der Waals surface area contributed by atoms with Crippen molar-refractivity contribution in [3.05, 3.63) is 18.2 Å². The van der Waals surface area contributed by atoms with Gasteiger partial charge in [0.25, 0.3) is 0 Å². The van der Waals surface area contributed by atoms with Crippen molar-refractivity contribution in [2.24, 2.45) is 0 Å². The van der Waals surface area contributed by atoms with Crippen molar-refractivity contribution in [3.63, 3.8) is 0 Å². The molecule has 0 saturated carbocycles. The van der Waals surface area contributed by atoms with E-state index in [0.717, 1.165) is 31.7 Å². The van der Waals surface area contributed by atoms with Crippen LogP contribution in [0, 0.1) is 11.3 Å². The van der Waals surface area contributed by atoms with E-state index in [2.05, 4.69) is 41.3 Å². The molecule has 0 saturated heterocycles. The zero-order valence-electron chi connectivity index (χ0n) is 10.3. The molecule has 1 aromatic rings. The fourth-order valence-corrected chi connectivity index (χ4v) is 1.91. The maximum atomic E-state index is 9.29. The first kappa shape index (κ1) is 12.7. The highest BCUT2D eigenvalue weighted by Crippen LogP contribution is 2.19. The van der Waals surface area contributed by atoms with Crippen LogP contribution in [0.25, 0.3) is 0 Å². The van der Waals surface area contributed by atoms with Crippen molar-refractivity contribution < 1.29 is 0 Å². The lowest BCUT2D eigenvalue weighted by Gasteiger charge is -2.24. The summed E-state index contributed by atoms with van der Waals surface area (Å²) in [5.41, 5.74) is 1.01. The van der Waals surface area contributed by atoms with Gasteiger partial charge in [-0.3, -0.25) is 4.90 Å². The van der Waals surface area contributed by atoms with Gasteiger partial charge in [-0.15, -0.1) is 0 Å². The van der Waals surface area contributed by atoms with Gasteiger partial charge in [0.05, 0.1) is 24.3 Å². The molecular formula is C12H20N4. The summed E-state index contributed by atoms with van der Waals surface area (Å²) in [7, 11) is 0. The van der Waals surface area contributed by atoms with Crippen molar-refractivity contribution in [2.75, 3.05) is 13.1 Å². The Morgan fingerprint density at radius 3 is 2.62 bits per heavy atom. The lowest BCUT2D eigenvalue weighted by molar-refractivity contribution is 0.253. The normalized spacial score (nSPS) is 12.7. The Balaban J connectivity index is 2.94. The third-order valence-corrected chi connectivity index (χ3v) is 2.79. The average molecular weight is 220 g/mol. The van der Waals surface area contributed by atoms with Crippen LogP contribution >= 0.6 is 0 Å². The van der Waals surface area contributed by atoms with E-state index < -0.39 is 0 Å². The summed E-state index contributed by atoms with van der Waals surface area (Å²) in [5.74, 6) is 0. The van der Waals surface area contributed by atoms with Crippen LogP contribution in [-0.4, -0.2) is 27.5 Å². The first-order chi connectivity index (χ1) is 7.78. The highest BCUT2D eigenvalue weighted by molar-refractivity contribution is 5.14. The summed E-state index contributed by atoms with van der Waals surface area (Å²) in [6, 6.07) is 2.19. The number of aromatic nitrogens is 2. The van der Waals surface area contributed by atoms with E-state index in [4.69, 9.17) is 0 Å². The van der Waals surface area contributed by atoms with Crippen molar-refractivity contribution in [1.82, 2.24) is 14.5 Å². The second kappa shape index (κ2) is 6.29. The molecule has 1 heterocycles. The van der Waals surface area contributed by atoms with Crippen molar-refractivity contribution in [2.45, 2.75) is 39.8 Å². The van der Waals surface area contributed by atoms with E-state index in [0.29, 0.717) is 0 Å². The van der Waals surface area contributed by atoms with Crippen LogP contribution in [-0.2, 0) is 6.54 Å². The standard InChI is InChI=1S/C12H20N4/c1-4-7-16-10-14-9-12(16)11(8-13)15(5-2)6-3/h9-11H,4-7H2,1-3H3. The molecule has 16 heavy (non-hydrogen) atoms. The molecule has 1 aromatic heterocycles. The molecule has 0 bridgehead atoms. The van der Waals surface area contributed by atoms with Crippen molar-refractivity contribution in [1.29, 1.82) is 5.26 Å². The summed E-state index contributed by atoms with van der Waals surface area (Å²) in [6.07, 6.45) is 4.67. The minimum absolute atomic E-state index is 0.177. The molecule has 4 heteroatoms. The van der Waals surface area contributed by atoms with E-state index >= 15 is 0 Å². The van der Waals surface area contributed by atoms with Gasteiger partial charge in [-0.1, -0.05) is 20.8 Å². The number of imidazole rings is 1. The van der Waals surface area contributed by atoms with E-state index in [9.17, 15) is 5.26 Å². The first-order valence-corrected chi connectivity index (χ1v) is 5.92. The zero-order chi connectivity index (χ0) is 12.0. The summed E-state index contributed by atoms with van der Waals surface area (Å²) < 4.78 is 2.08. The first-order valence-electron chi connectivity index (χ1n) is 5.92. The summed E-state index contributed by atoms with van der Waals surface area (Å²) in [6.45, 7) is 8.97. The number of aryl methyl sites for hydroxylation is 1. The number of nitriles is 1. The van der Waals surface area contributed by atoms with Gasteiger partial charge in [-0.25, -0.2) is 4.98 Å². The van der Waals surface area contributed by atoms with E-state index in [1.165, 1.54) is 0 Å². The van der Waals surface area contributed by atoms with E-state index in [-0.39, 0.29) is 6.04 Å². The van der Waals surface area contributed by atoms with Crippen molar-refractivity contribution in [3.8, 4) is 6.07 Å². The Morgan fingerprint density at radius 2 is 2.12 bits per heavy atom. The molecule has 0 N–H and O–H groups in total. The fraction of sp³-hybridized carbons (Fsp3) is 0.667. The molecule has 0 spiro atoms. The lowest BCUT2D eigenvalue weighted by Crippen LogP contribution is -2.29. The molecular weight excluding hydrogens is 200 g/mol. The Hall–Kier alpha value is -1.34. The summed E-state index contributed by atoms with van der Waals surface area (Å²) in [5, 5.41) is 9.29. The van der Waals surface area contributed by atoms with Gasteiger partial charge in [0, 0.05) is 6.54 Å². The Labute approximate surface area is 97.5 Å². The van der Waals surface area contributed by atoms with Crippen LogP contribution in [0.5, 0.6) is 0 Å². The number of hydrogen-bond acceptors (Lipinski definition) is 3. The Kier molecular flexibility index (Phi) is 5.00. The molecule has 0 aliphatic heterocycles. The van der Waals surface area contributed by atoms with Gasteiger partial charge in [0.2, 0.25) is 0 Å². The minimum atomic E-state index is -0.177. The SMILES string of the molecule is CCCn1cncc1C(C#N)N(CC)CC.